The van der Waals surface area contributed by atoms with Crippen molar-refractivity contribution in [1.29, 1.82) is 0 Å². The van der Waals surface area contributed by atoms with Crippen molar-refractivity contribution in [2.24, 2.45) is 0 Å². The van der Waals surface area contributed by atoms with Crippen molar-refractivity contribution in [3.63, 3.8) is 0 Å². The van der Waals surface area contributed by atoms with Crippen molar-refractivity contribution in [3.8, 4) is 5.75 Å². The van der Waals surface area contributed by atoms with Gasteiger partial charge in [0.15, 0.2) is 6.61 Å². The summed E-state index contributed by atoms with van der Waals surface area (Å²) in [6, 6.07) is 16.6. The van der Waals surface area contributed by atoms with E-state index in [1.165, 1.54) is 37.7 Å². The highest BCUT2D eigenvalue weighted by molar-refractivity contribution is 5.92. The maximum absolute atomic E-state index is 12.4. The summed E-state index contributed by atoms with van der Waals surface area (Å²) in [5.41, 5.74) is 3.28. The van der Waals surface area contributed by atoms with Gasteiger partial charge in [0.2, 0.25) is 0 Å². The first-order chi connectivity index (χ1) is 13.7. The van der Waals surface area contributed by atoms with E-state index < -0.39 is 0 Å². The van der Waals surface area contributed by atoms with Crippen molar-refractivity contribution in [1.82, 2.24) is 4.90 Å². The average molecular weight is 381 g/mol. The van der Waals surface area contributed by atoms with Crippen molar-refractivity contribution in [3.05, 3.63) is 59.7 Å². The van der Waals surface area contributed by atoms with Crippen LogP contribution in [-0.4, -0.2) is 30.5 Å². The zero-order valence-electron chi connectivity index (χ0n) is 17.1. The van der Waals surface area contributed by atoms with E-state index in [1.54, 1.807) is 0 Å². The molecule has 1 amide bonds. The van der Waals surface area contributed by atoms with Crippen LogP contribution in [0.15, 0.2) is 48.5 Å². The lowest BCUT2D eigenvalue weighted by Crippen LogP contribution is -2.33. The van der Waals surface area contributed by atoms with E-state index in [4.69, 9.17) is 4.74 Å². The predicted octanol–water partition coefficient (Wildman–Crippen LogP) is 5.03. The standard InChI is InChI=1S/C24H32N2O2/c1-3-19-13-15-22(16-14-19)28-18-24(27)25-23-12-8-7-9-20(23)17-26(2)21-10-5-4-6-11-21/h7-9,12-16,21H,3-6,10-11,17-18H2,1-2H3,(H,25,27). The van der Waals surface area contributed by atoms with E-state index in [9.17, 15) is 4.79 Å². The lowest BCUT2D eigenvalue weighted by Gasteiger charge is -2.31. The molecular weight excluding hydrogens is 348 g/mol. The SMILES string of the molecule is CCc1ccc(OCC(=O)Nc2ccccc2CN(C)C2CCCCC2)cc1. The van der Waals surface area contributed by atoms with E-state index in [-0.39, 0.29) is 12.5 Å². The van der Waals surface area contributed by atoms with E-state index in [0.717, 1.165) is 30.0 Å². The molecule has 1 N–H and O–H groups in total. The Morgan fingerprint density at radius 2 is 1.79 bits per heavy atom. The molecule has 2 aromatic carbocycles. The fourth-order valence-corrected chi connectivity index (χ4v) is 3.86. The van der Waals surface area contributed by atoms with Gasteiger partial charge in [-0.05, 0) is 55.6 Å². The zero-order valence-corrected chi connectivity index (χ0v) is 17.1. The number of amides is 1. The Labute approximate surface area is 168 Å². The van der Waals surface area contributed by atoms with Crippen LogP contribution in [0.5, 0.6) is 5.75 Å². The second-order valence-corrected chi connectivity index (χ2v) is 7.70. The molecule has 0 atom stereocenters. The highest BCUT2D eigenvalue weighted by Crippen LogP contribution is 2.25. The molecule has 1 aliphatic rings. The summed E-state index contributed by atoms with van der Waals surface area (Å²) in [5.74, 6) is 0.588. The van der Waals surface area contributed by atoms with Gasteiger partial charge in [0, 0.05) is 18.3 Å². The van der Waals surface area contributed by atoms with Crippen molar-refractivity contribution < 1.29 is 9.53 Å². The molecule has 0 heterocycles. The number of carbonyl (C=O) groups excluding carboxylic acids is 1. The Balaban J connectivity index is 1.55. The topological polar surface area (TPSA) is 41.6 Å². The molecule has 1 saturated carbocycles. The first-order valence-electron chi connectivity index (χ1n) is 10.5. The molecule has 0 spiro atoms. The van der Waals surface area contributed by atoms with Gasteiger partial charge >= 0.3 is 0 Å². The van der Waals surface area contributed by atoms with E-state index in [0.29, 0.717) is 6.04 Å². The van der Waals surface area contributed by atoms with Gasteiger partial charge in [-0.25, -0.2) is 0 Å². The normalized spacial score (nSPS) is 14.8. The molecule has 3 rings (SSSR count). The summed E-state index contributed by atoms with van der Waals surface area (Å²) in [7, 11) is 2.19. The van der Waals surface area contributed by atoms with Gasteiger partial charge in [0.05, 0.1) is 0 Å². The van der Waals surface area contributed by atoms with Gasteiger partial charge in [0.1, 0.15) is 5.75 Å². The summed E-state index contributed by atoms with van der Waals surface area (Å²) in [5, 5.41) is 3.02. The molecule has 0 radical (unpaired) electrons. The molecule has 4 heteroatoms. The Hall–Kier alpha value is -2.33. The summed E-state index contributed by atoms with van der Waals surface area (Å²) < 4.78 is 5.63. The van der Waals surface area contributed by atoms with Gasteiger partial charge in [-0.15, -0.1) is 0 Å². The first kappa shape index (κ1) is 20.4. The second-order valence-electron chi connectivity index (χ2n) is 7.70. The van der Waals surface area contributed by atoms with Crippen molar-refractivity contribution >= 4 is 11.6 Å². The van der Waals surface area contributed by atoms with E-state index in [2.05, 4.69) is 30.3 Å². The number of nitrogens with one attached hydrogen (secondary N) is 1. The average Bonchev–Trinajstić information content (AvgIpc) is 2.74. The Morgan fingerprint density at radius 3 is 2.50 bits per heavy atom. The first-order valence-corrected chi connectivity index (χ1v) is 10.5. The molecule has 150 valence electrons. The highest BCUT2D eigenvalue weighted by Gasteiger charge is 2.19. The number of aryl methyl sites for hydroxylation is 1. The molecule has 1 fully saturated rings. The Kier molecular flexibility index (Phi) is 7.49. The van der Waals surface area contributed by atoms with Crippen LogP contribution in [0.4, 0.5) is 5.69 Å². The molecule has 0 bridgehead atoms. The number of nitrogens with zero attached hydrogens (tertiary/aromatic N) is 1. The number of carbonyl (C=O) groups is 1. The number of benzene rings is 2. The Bertz CT molecular complexity index is 751. The molecule has 2 aromatic rings. The molecule has 0 saturated heterocycles. The van der Waals surface area contributed by atoms with Crippen LogP contribution in [0.2, 0.25) is 0 Å². The zero-order chi connectivity index (χ0) is 19.8. The van der Waals surface area contributed by atoms with Crippen LogP contribution in [0, 0.1) is 0 Å². The number of hydrogen-bond donors (Lipinski definition) is 1. The maximum atomic E-state index is 12.4. The third-order valence-electron chi connectivity index (χ3n) is 5.61. The minimum Gasteiger partial charge on any atom is -0.484 e. The summed E-state index contributed by atoms with van der Waals surface area (Å²) in [4.78, 5) is 14.8. The molecule has 0 unspecified atom stereocenters. The monoisotopic (exact) mass is 380 g/mol. The van der Waals surface area contributed by atoms with Crippen LogP contribution in [0.1, 0.15) is 50.2 Å². The molecule has 28 heavy (non-hydrogen) atoms. The third kappa shape index (κ3) is 5.83. The second kappa shape index (κ2) is 10.3. The summed E-state index contributed by atoms with van der Waals surface area (Å²) in [6.45, 7) is 2.98. The van der Waals surface area contributed by atoms with Gasteiger partial charge < -0.3 is 10.1 Å². The summed E-state index contributed by atoms with van der Waals surface area (Å²) >= 11 is 0. The highest BCUT2D eigenvalue weighted by atomic mass is 16.5. The number of para-hydroxylation sites is 1. The molecular formula is C24H32N2O2. The van der Waals surface area contributed by atoms with Gasteiger partial charge in [-0.1, -0.05) is 56.5 Å². The van der Waals surface area contributed by atoms with E-state index >= 15 is 0 Å². The maximum Gasteiger partial charge on any atom is 0.262 e. The number of anilines is 1. The predicted molar refractivity (Wildman–Crippen MR) is 115 cm³/mol. The van der Waals surface area contributed by atoms with Gasteiger partial charge in [0.25, 0.3) is 5.91 Å². The number of hydrogen-bond acceptors (Lipinski definition) is 3. The fourth-order valence-electron chi connectivity index (χ4n) is 3.86. The number of ether oxygens (including phenoxy) is 1. The lowest BCUT2D eigenvalue weighted by atomic mass is 9.94. The van der Waals surface area contributed by atoms with Crippen molar-refractivity contribution in [2.75, 3.05) is 19.0 Å². The Morgan fingerprint density at radius 1 is 1.07 bits per heavy atom. The van der Waals surface area contributed by atoms with Crippen LogP contribution >= 0.6 is 0 Å². The van der Waals surface area contributed by atoms with Crippen LogP contribution in [0.3, 0.4) is 0 Å². The lowest BCUT2D eigenvalue weighted by molar-refractivity contribution is -0.118. The smallest absolute Gasteiger partial charge is 0.262 e. The van der Waals surface area contributed by atoms with Crippen LogP contribution < -0.4 is 10.1 Å². The minimum atomic E-state index is -0.132. The molecule has 1 aliphatic carbocycles. The largest absolute Gasteiger partial charge is 0.484 e. The summed E-state index contributed by atoms with van der Waals surface area (Å²) in [6.07, 6.45) is 7.55. The fraction of sp³-hybridized carbons (Fsp3) is 0.458. The van der Waals surface area contributed by atoms with Gasteiger partial charge in [-0.2, -0.15) is 0 Å². The van der Waals surface area contributed by atoms with E-state index in [1.807, 2.05) is 42.5 Å². The molecule has 0 aliphatic heterocycles. The molecule has 4 nitrogen and oxygen atoms in total. The number of rotatable bonds is 8. The van der Waals surface area contributed by atoms with Crippen molar-refractivity contribution in [2.45, 2.75) is 58.0 Å². The van der Waals surface area contributed by atoms with Crippen LogP contribution in [0.25, 0.3) is 0 Å². The quantitative estimate of drug-likeness (QED) is 0.698. The van der Waals surface area contributed by atoms with Crippen LogP contribution in [-0.2, 0) is 17.8 Å². The minimum absolute atomic E-state index is 0.0122. The molecule has 0 aromatic heterocycles. The van der Waals surface area contributed by atoms with Gasteiger partial charge in [-0.3, -0.25) is 9.69 Å². The third-order valence-corrected chi connectivity index (χ3v) is 5.61.